The summed E-state index contributed by atoms with van der Waals surface area (Å²) < 4.78 is 3.20. The third kappa shape index (κ3) is 4.17. The summed E-state index contributed by atoms with van der Waals surface area (Å²) in [5, 5.41) is 1.37. The van der Waals surface area contributed by atoms with Crippen LogP contribution in [-0.2, 0) is 13.0 Å². The molecule has 3 rings (SSSR count). The van der Waals surface area contributed by atoms with Gasteiger partial charge in [-0.1, -0.05) is 63.4 Å². The van der Waals surface area contributed by atoms with Crippen molar-refractivity contribution in [3.8, 4) is 0 Å². The average molecular weight is 410 g/mol. The van der Waals surface area contributed by atoms with E-state index in [1.54, 1.807) is 12.3 Å². The number of benzene rings is 2. The summed E-state index contributed by atoms with van der Waals surface area (Å²) in [7, 11) is 0. The van der Waals surface area contributed by atoms with Crippen LogP contribution in [-0.4, -0.2) is 9.55 Å². The monoisotopic (exact) mass is 408 g/mol. The molecular formula is C18H15BrCl2N2. The van der Waals surface area contributed by atoms with Crippen molar-refractivity contribution in [3.63, 3.8) is 0 Å². The Morgan fingerprint density at radius 3 is 2.65 bits per heavy atom. The smallest absolute Gasteiger partial charge is 0.0946 e. The first-order chi connectivity index (χ1) is 11.1. The van der Waals surface area contributed by atoms with Gasteiger partial charge in [-0.3, -0.25) is 0 Å². The molecule has 0 fully saturated rings. The van der Waals surface area contributed by atoms with Crippen molar-refractivity contribution in [2.24, 2.45) is 0 Å². The summed E-state index contributed by atoms with van der Waals surface area (Å²) in [5.74, 6) is 0.276. The zero-order valence-corrected chi connectivity index (χ0v) is 15.4. The summed E-state index contributed by atoms with van der Waals surface area (Å²) in [4.78, 5) is 4.14. The average Bonchev–Trinajstić information content (AvgIpc) is 3.03. The Morgan fingerprint density at radius 1 is 1.13 bits per heavy atom. The highest BCUT2D eigenvalue weighted by atomic mass is 79.9. The predicted octanol–water partition coefficient (Wildman–Crippen LogP) is 5.98. The molecule has 0 saturated heterocycles. The largest absolute Gasteiger partial charge is 0.337 e. The SMILES string of the molecule is Clc1ccc(CC(Cn2ccnc2)c2ccccc2Br)c(Cl)c1. The van der Waals surface area contributed by atoms with E-state index in [4.69, 9.17) is 23.2 Å². The van der Waals surface area contributed by atoms with Gasteiger partial charge >= 0.3 is 0 Å². The molecule has 1 atom stereocenters. The molecule has 0 aliphatic rings. The predicted molar refractivity (Wildman–Crippen MR) is 99.3 cm³/mol. The highest BCUT2D eigenvalue weighted by Crippen LogP contribution is 2.32. The van der Waals surface area contributed by atoms with Crippen molar-refractivity contribution in [1.29, 1.82) is 0 Å². The van der Waals surface area contributed by atoms with Gasteiger partial charge in [0.2, 0.25) is 0 Å². The fourth-order valence-electron chi connectivity index (χ4n) is 2.68. The second-order valence-corrected chi connectivity index (χ2v) is 7.12. The number of hydrogen-bond donors (Lipinski definition) is 0. The highest BCUT2D eigenvalue weighted by Gasteiger charge is 2.17. The number of nitrogens with zero attached hydrogens (tertiary/aromatic N) is 2. The minimum absolute atomic E-state index is 0.276. The lowest BCUT2D eigenvalue weighted by Crippen LogP contribution is -2.12. The Labute approximate surface area is 154 Å². The molecule has 0 radical (unpaired) electrons. The Bertz CT molecular complexity index is 787. The molecule has 0 bridgehead atoms. The quantitative estimate of drug-likeness (QED) is 0.506. The number of hydrogen-bond acceptors (Lipinski definition) is 1. The minimum atomic E-state index is 0.276. The third-order valence-electron chi connectivity index (χ3n) is 3.82. The van der Waals surface area contributed by atoms with Gasteiger partial charge in [-0.05, 0) is 35.7 Å². The summed E-state index contributed by atoms with van der Waals surface area (Å²) in [6.07, 6.45) is 6.45. The van der Waals surface area contributed by atoms with Crippen molar-refractivity contribution in [3.05, 3.63) is 86.8 Å². The molecule has 3 aromatic rings. The molecule has 0 N–H and O–H groups in total. The van der Waals surface area contributed by atoms with Gasteiger partial charge in [0.15, 0.2) is 0 Å². The van der Waals surface area contributed by atoms with E-state index in [2.05, 4.69) is 43.7 Å². The van der Waals surface area contributed by atoms with E-state index in [1.165, 1.54) is 5.56 Å². The van der Waals surface area contributed by atoms with Crippen molar-refractivity contribution in [2.45, 2.75) is 18.9 Å². The molecule has 0 aliphatic heterocycles. The van der Waals surface area contributed by atoms with E-state index in [-0.39, 0.29) is 5.92 Å². The van der Waals surface area contributed by atoms with Crippen molar-refractivity contribution < 1.29 is 0 Å². The molecule has 118 valence electrons. The van der Waals surface area contributed by atoms with Crippen LogP contribution in [0.25, 0.3) is 0 Å². The van der Waals surface area contributed by atoms with E-state index in [9.17, 15) is 0 Å². The first-order valence-electron chi connectivity index (χ1n) is 7.27. The van der Waals surface area contributed by atoms with Gasteiger partial charge in [-0.25, -0.2) is 4.98 Å². The molecule has 0 aliphatic carbocycles. The summed E-state index contributed by atoms with van der Waals surface area (Å²) >= 11 is 16.0. The molecule has 2 aromatic carbocycles. The lowest BCUT2D eigenvalue weighted by molar-refractivity contribution is 0.554. The van der Waals surface area contributed by atoms with E-state index in [0.29, 0.717) is 10.0 Å². The van der Waals surface area contributed by atoms with E-state index in [0.717, 1.165) is 23.0 Å². The van der Waals surface area contributed by atoms with Gasteiger partial charge in [0.1, 0.15) is 0 Å². The normalized spacial score (nSPS) is 12.3. The molecule has 2 nitrogen and oxygen atoms in total. The summed E-state index contributed by atoms with van der Waals surface area (Å²) in [6, 6.07) is 14.0. The molecule has 5 heteroatoms. The fourth-order valence-corrected chi connectivity index (χ4v) is 3.78. The van der Waals surface area contributed by atoms with E-state index < -0.39 is 0 Å². The number of halogens is 3. The minimum Gasteiger partial charge on any atom is -0.337 e. The maximum absolute atomic E-state index is 6.37. The van der Waals surface area contributed by atoms with Crippen molar-refractivity contribution in [1.82, 2.24) is 9.55 Å². The topological polar surface area (TPSA) is 17.8 Å². The number of rotatable bonds is 5. The van der Waals surface area contributed by atoms with Gasteiger partial charge in [-0.2, -0.15) is 0 Å². The van der Waals surface area contributed by atoms with E-state index in [1.807, 2.05) is 30.7 Å². The van der Waals surface area contributed by atoms with Gasteiger partial charge in [0.05, 0.1) is 6.33 Å². The van der Waals surface area contributed by atoms with E-state index >= 15 is 0 Å². The highest BCUT2D eigenvalue weighted by molar-refractivity contribution is 9.10. The van der Waals surface area contributed by atoms with Crippen LogP contribution in [0.5, 0.6) is 0 Å². The van der Waals surface area contributed by atoms with Crippen LogP contribution in [0.4, 0.5) is 0 Å². The zero-order valence-electron chi connectivity index (χ0n) is 12.3. The van der Waals surface area contributed by atoms with Gasteiger partial charge in [-0.15, -0.1) is 0 Å². The fraction of sp³-hybridized carbons (Fsp3) is 0.167. The van der Waals surface area contributed by atoms with Crippen molar-refractivity contribution >= 4 is 39.1 Å². The third-order valence-corrected chi connectivity index (χ3v) is 5.13. The van der Waals surface area contributed by atoms with Crippen LogP contribution >= 0.6 is 39.1 Å². The van der Waals surface area contributed by atoms with Gasteiger partial charge in [0, 0.05) is 39.4 Å². The molecule has 0 saturated carbocycles. The maximum Gasteiger partial charge on any atom is 0.0946 e. The second-order valence-electron chi connectivity index (χ2n) is 5.42. The van der Waals surface area contributed by atoms with Gasteiger partial charge < -0.3 is 4.57 Å². The van der Waals surface area contributed by atoms with Crippen LogP contribution in [0.1, 0.15) is 17.0 Å². The molecular weight excluding hydrogens is 395 g/mol. The standard InChI is InChI=1S/C18H15BrCl2N2/c19-17-4-2-1-3-16(17)14(11-23-8-7-22-12-23)9-13-5-6-15(20)10-18(13)21/h1-8,10,12,14H,9,11H2. The maximum atomic E-state index is 6.37. The number of imidazole rings is 1. The van der Waals surface area contributed by atoms with Crippen LogP contribution in [0, 0.1) is 0 Å². The Balaban J connectivity index is 1.93. The van der Waals surface area contributed by atoms with Crippen LogP contribution in [0.2, 0.25) is 10.0 Å². The summed E-state index contributed by atoms with van der Waals surface area (Å²) in [5.41, 5.74) is 2.35. The number of aromatic nitrogens is 2. The Kier molecular flexibility index (Phi) is 5.42. The van der Waals surface area contributed by atoms with Crippen molar-refractivity contribution in [2.75, 3.05) is 0 Å². The van der Waals surface area contributed by atoms with Crippen LogP contribution in [0.15, 0.2) is 65.7 Å². The van der Waals surface area contributed by atoms with Crippen LogP contribution < -0.4 is 0 Å². The molecule has 1 heterocycles. The zero-order chi connectivity index (χ0) is 16.2. The first kappa shape index (κ1) is 16.6. The van der Waals surface area contributed by atoms with Gasteiger partial charge in [0.25, 0.3) is 0 Å². The molecule has 0 amide bonds. The summed E-state index contributed by atoms with van der Waals surface area (Å²) in [6.45, 7) is 0.835. The first-order valence-corrected chi connectivity index (χ1v) is 8.82. The molecule has 23 heavy (non-hydrogen) atoms. The lowest BCUT2D eigenvalue weighted by Gasteiger charge is -2.20. The second kappa shape index (κ2) is 7.52. The molecule has 1 aromatic heterocycles. The lowest BCUT2D eigenvalue weighted by atomic mass is 9.91. The van der Waals surface area contributed by atoms with Crippen LogP contribution in [0.3, 0.4) is 0 Å². The molecule has 0 spiro atoms. The molecule has 1 unspecified atom stereocenters. The Morgan fingerprint density at radius 2 is 1.96 bits per heavy atom. The Hall–Kier alpha value is -1.29.